The molecule has 0 unspecified atom stereocenters. The number of pyridine rings is 1. The lowest BCUT2D eigenvalue weighted by Gasteiger charge is -2.07. The van der Waals surface area contributed by atoms with E-state index in [-0.39, 0.29) is 5.69 Å². The molecule has 0 aliphatic rings. The maximum Gasteiger partial charge on any atom is 0.354 e. The van der Waals surface area contributed by atoms with E-state index in [1.165, 1.54) is 5.56 Å². The molecule has 0 aliphatic heterocycles. The van der Waals surface area contributed by atoms with Crippen LogP contribution in [0.1, 0.15) is 16.1 Å². The normalized spacial score (nSPS) is 11.1. The third-order valence-corrected chi connectivity index (χ3v) is 4.06. The molecule has 0 saturated heterocycles. The summed E-state index contributed by atoms with van der Waals surface area (Å²) in [7, 11) is 0. The van der Waals surface area contributed by atoms with Crippen LogP contribution in [-0.4, -0.2) is 20.6 Å². The summed E-state index contributed by atoms with van der Waals surface area (Å²) in [5, 5.41) is 11.2. The highest BCUT2D eigenvalue weighted by molar-refractivity contribution is 6.09. The Kier molecular flexibility index (Phi) is 3.08. The lowest BCUT2D eigenvalue weighted by Crippen LogP contribution is -2.02. The molecule has 4 nitrogen and oxygen atoms in total. The molecular formula is C19H14N2O2. The van der Waals surface area contributed by atoms with Crippen LogP contribution in [0.15, 0.2) is 66.9 Å². The molecule has 0 fully saturated rings. The second-order valence-corrected chi connectivity index (χ2v) is 5.48. The highest BCUT2D eigenvalue weighted by Crippen LogP contribution is 2.29. The van der Waals surface area contributed by atoms with Gasteiger partial charge in [0.1, 0.15) is 5.69 Å². The van der Waals surface area contributed by atoms with Crippen LogP contribution < -0.4 is 0 Å². The van der Waals surface area contributed by atoms with Gasteiger partial charge in [-0.25, -0.2) is 9.78 Å². The summed E-state index contributed by atoms with van der Waals surface area (Å²) >= 11 is 0. The summed E-state index contributed by atoms with van der Waals surface area (Å²) in [6.07, 6.45) is 1.65. The van der Waals surface area contributed by atoms with Gasteiger partial charge in [0.2, 0.25) is 0 Å². The molecule has 0 saturated carbocycles. The van der Waals surface area contributed by atoms with E-state index in [0.29, 0.717) is 0 Å². The summed E-state index contributed by atoms with van der Waals surface area (Å²) in [6, 6.07) is 19.9. The van der Waals surface area contributed by atoms with Crippen molar-refractivity contribution >= 4 is 27.8 Å². The van der Waals surface area contributed by atoms with Crippen molar-refractivity contribution in [2.45, 2.75) is 6.54 Å². The van der Waals surface area contributed by atoms with E-state index < -0.39 is 5.97 Å². The van der Waals surface area contributed by atoms with Gasteiger partial charge in [-0.3, -0.25) is 0 Å². The lowest BCUT2D eigenvalue weighted by molar-refractivity contribution is 0.0690. The highest BCUT2D eigenvalue weighted by atomic mass is 16.4. The Morgan fingerprint density at radius 1 is 0.957 bits per heavy atom. The molecule has 4 heteroatoms. The predicted octanol–water partition coefficient (Wildman–Crippen LogP) is 3.94. The van der Waals surface area contributed by atoms with E-state index in [2.05, 4.69) is 27.8 Å². The number of carbonyl (C=O) groups is 1. The zero-order valence-electron chi connectivity index (χ0n) is 12.3. The number of carboxylic acids is 1. The van der Waals surface area contributed by atoms with E-state index in [1.807, 2.05) is 36.4 Å². The monoisotopic (exact) mass is 302 g/mol. The van der Waals surface area contributed by atoms with Crippen molar-refractivity contribution in [1.29, 1.82) is 0 Å². The summed E-state index contributed by atoms with van der Waals surface area (Å²) in [5.41, 5.74) is 3.29. The number of hydrogen-bond acceptors (Lipinski definition) is 2. The third-order valence-electron chi connectivity index (χ3n) is 4.06. The average molecular weight is 302 g/mol. The Labute approximate surface area is 132 Å². The maximum absolute atomic E-state index is 11.2. The minimum Gasteiger partial charge on any atom is -0.477 e. The van der Waals surface area contributed by atoms with Crippen LogP contribution in [0.25, 0.3) is 21.8 Å². The first kappa shape index (κ1) is 13.5. The van der Waals surface area contributed by atoms with Gasteiger partial charge in [-0.2, -0.15) is 0 Å². The van der Waals surface area contributed by atoms with Crippen LogP contribution in [0.4, 0.5) is 0 Å². The number of fused-ring (bicyclic) bond motifs is 3. The fourth-order valence-electron chi connectivity index (χ4n) is 3.00. The number of rotatable bonds is 3. The Morgan fingerprint density at radius 3 is 2.48 bits per heavy atom. The van der Waals surface area contributed by atoms with Crippen LogP contribution in [-0.2, 0) is 6.54 Å². The van der Waals surface area contributed by atoms with Crippen molar-refractivity contribution in [3.63, 3.8) is 0 Å². The molecule has 1 N–H and O–H groups in total. The molecule has 0 atom stereocenters. The molecule has 0 radical (unpaired) electrons. The molecule has 0 spiro atoms. The first-order valence-electron chi connectivity index (χ1n) is 7.38. The van der Waals surface area contributed by atoms with Crippen LogP contribution in [0.5, 0.6) is 0 Å². The molecule has 2 heterocycles. The molecule has 2 aromatic heterocycles. The van der Waals surface area contributed by atoms with E-state index in [1.54, 1.807) is 12.3 Å². The maximum atomic E-state index is 11.2. The zero-order chi connectivity index (χ0) is 15.8. The van der Waals surface area contributed by atoms with Gasteiger partial charge in [0.25, 0.3) is 0 Å². The van der Waals surface area contributed by atoms with Crippen molar-refractivity contribution < 1.29 is 9.90 Å². The Hall–Kier alpha value is -3.14. The highest BCUT2D eigenvalue weighted by Gasteiger charge is 2.14. The first-order valence-corrected chi connectivity index (χ1v) is 7.38. The van der Waals surface area contributed by atoms with E-state index in [0.717, 1.165) is 28.4 Å². The van der Waals surface area contributed by atoms with Gasteiger partial charge in [0, 0.05) is 22.8 Å². The van der Waals surface area contributed by atoms with Crippen molar-refractivity contribution in [2.75, 3.05) is 0 Å². The Bertz CT molecular complexity index is 1020. The first-order chi connectivity index (χ1) is 11.2. The van der Waals surface area contributed by atoms with Gasteiger partial charge in [0.15, 0.2) is 0 Å². The molecular weight excluding hydrogens is 288 g/mol. The summed E-state index contributed by atoms with van der Waals surface area (Å²) in [5.74, 6) is -1.01. The van der Waals surface area contributed by atoms with Gasteiger partial charge < -0.3 is 9.67 Å². The zero-order valence-corrected chi connectivity index (χ0v) is 12.3. The lowest BCUT2D eigenvalue weighted by atomic mass is 10.1. The van der Waals surface area contributed by atoms with Gasteiger partial charge >= 0.3 is 5.97 Å². The summed E-state index contributed by atoms with van der Waals surface area (Å²) < 4.78 is 2.18. The average Bonchev–Trinajstić information content (AvgIpc) is 2.90. The standard InChI is InChI=1S/C19H14N2O2/c22-19(23)16-10-15-14-8-4-5-9-17(14)21(18(15)11-20-16)12-13-6-2-1-3-7-13/h1-11H,12H2,(H,22,23). The molecule has 0 aliphatic carbocycles. The van der Waals surface area contributed by atoms with Gasteiger partial charge in [0.05, 0.1) is 11.7 Å². The Morgan fingerprint density at radius 2 is 1.70 bits per heavy atom. The molecule has 4 aromatic rings. The second-order valence-electron chi connectivity index (χ2n) is 5.48. The summed E-state index contributed by atoms with van der Waals surface area (Å²) in [4.78, 5) is 15.3. The number of nitrogens with zero attached hydrogens (tertiary/aromatic N) is 2. The Balaban J connectivity index is 1.99. The van der Waals surface area contributed by atoms with E-state index in [4.69, 9.17) is 0 Å². The number of para-hydroxylation sites is 1. The van der Waals surface area contributed by atoms with Crippen molar-refractivity contribution in [1.82, 2.24) is 9.55 Å². The number of carboxylic acid groups (broad SMARTS) is 1. The minimum atomic E-state index is -1.01. The van der Waals surface area contributed by atoms with Crippen molar-refractivity contribution in [3.8, 4) is 0 Å². The fourth-order valence-corrected chi connectivity index (χ4v) is 3.00. The molecule has 0 bridgehead atoms. The second kappa shape index (κ2) is 5.25. The van der Waals surface area contributed by atoms with Crippen LogP contribution in [0.2, 0.25) is 0 Å². The largest absolute Gasteiger partial charge is 0.477 e. The quantitative estimate of drug-likeness (QED) is 0.623. The molecule has 0 amide bonds. The van der Waals surface area contributed by atoms with Crippen molar-refractivity contribution in [3.05, 3.63) is 78.1 Å². The van der Waals surface area contributed by atoms with Crippen molar-refractivity contribution in [2.24, 2.45) is 0 Å². The minimum absolute atomic E-state index is 0.0696. The summed E-state index contributed by atoms with van der Waals surface area (Å²) in [6.45, 7) is 0.721. The fraction of sp³-hybridized carbons (Fsp3) is 0.0526. The molecule has 2 aromatic carbocycles. The van der Waals surface area contributed by atoms with Gasteiger partial charge in [-0.1, -0.05) is 48.5 Å². The van der Waals surface area contributed by atoms with Gasteiger partial charge in [-0.15, -0.1) is 0 Å². The third kappa shape index (κ3) is 2.25. The van der Waals surface area contributed by atoms with Gasteiger partial charge in [-0.05, 0) is 17.7 Å². The van der Waals surface area contributed by atoms with Crippen LogP contribution in [0.3, 0.4) is 0 Å². The number of benzene rings is 2. The molecule has 23 heavy (non-hydrogen) atoms. The molecule has 4 rings (SSSR count). The number of hydrogen-bond donors (Lipinski definition) is 1. The van der Waals surface area contributed by atoms with Crippen LogP contribution in [0, 0.1) is 0 Å². The predicted molar refractivity (Wildman–Crippen MR) is 89.7 cm³/mol. The molecule has 112 valence electrons. The number of aromatic carboxylic acids is 1. The topological polar surface area (TPSA) is 55.1 Å². The smallest absolute Gasteiger partial charge is 0.354 e. The SMILES string of the molecule is O=C(O)c1cc2c3ccccc3n(Cc3ccccc3)c2cn1. The van der Waals surface area contributed by atoms with Crippen LogP contribution >= 0.6 is 0 Å². The van der Waals surface area contributed by atoms with E-state index in [9.17, 15) is 9.90 Å². The van der Waals surface area contributed by atoms with E-state index >= 15 is 0 Å². The number of aromatic nitrogens is 2.